The molecule has 0 fully saturated rings. The summed E-state index contributed by atoms with van der Waals surface area (Å²) in [6.07, 6.45) is 4.38. The number of fused-ring (bicyclic) bond motifs is 3. The number of anilines is 1. The van der Waals surface area contributed by atoms with Gasteiger partial charge in [-0.05, 0) is 37.5 Å². The minimum Gasteiger partial charge on any atom is -0.361 e. The van der Waals surface area contributed by atoms with E-state index in [9.17, 15) is 17.2 Å². The smallest absolute Gasteiger partial charge is 0.243 e. The van der Waals surface area contributed by atoms with Crippen molar-refractivity contribution in [3.63, 3.8) is 0 Å². The minimum absolute atomic E-state index is 0.212. The van der Waals surface area contributed by atoms with Gasteiger partial charge in [0.2, 0.25) is 10.0 Å². The lowest BCUT2D eigenvalue weighted by atomic mass is 10.1. The molecule has 1 aliphatic heterocycles. The Morgan fingerprint density at radius 1 is 1.00 bits per heavy atom. The van der Waals surface area contributed by atoms with E-state index in [1.165, 1.54) is 15.3 Å². The molecule has 3 aromatic rings. The van der Waals surface area contributed by atoms with E-state index in [1.54, 1.807) is 11.3 Å². The Bertz CT molecular complexity index is 1220. The van der Waals surface area contributed by atoms with E-state index in [0.717, 1.165) is 60.9 Å². The number of nitrogens with one attached hydrogen (secondary N) is 2. The number of thiazole rings is 1. The molecule has 0 aliphatic carbocycles. The van der Waals surface area contributed by atoms with Gasteiger partial charge in [-0.1, -0.05) is 31.0 Å². The average molecular weight is 510 g/mol. The van der Waals surface area contributed by atoms with Crippen molar-refractivity contribution < 1.29 is 17.2 Å². The number of hydrogen-bond donors (Lipinski definition) is 2. The van der Waals surface area contributed by atoms with Gasteiger partial charge in [-0.3, -0.25) is 0 Å². The number of sulfonamides is 1. The van der Waals surface area contributed by atoms with Crippen LogP contribution in [0.3, 0.4) is 0 Å². The molecule has 2 N–H and O–H groups in total. The van der Waals surface area contributed by atoms with Crippen molar-refractivity contribution in [2.45, 2.75) is 41.9 Å². The van der Waals surface area contributed by atoms with Crippen LogP contribution in [0.15, 0.2) is 52.3 Å². The molecular formula is C23H25F2N3O2S3. The van der Waals surface area contributed by atoms with E-state index in [-0.39, 0.29) is 6.54 Å². The number of thioether (sulfide) groups is 1. The number of nitrogens with zero attached hydrogens (tertiary/aromatic N) is 1. The maximum Gasteiger partial charge on any atom is 0.243 e. The Labute approximate surface area is 201 Å². The largest absolute Gasteiger partial charge is 0.361 e. The predicted octanol–water partition coefficient (Wildman–Crippen LogP) is 5.69. The van der Waals surface area contributed by atoms with E-state index in [1.807, 2.05) is 11.8 Å². The lowest BCUT2D eigenvalue weighted by molar-refractivity contribution is 0.540. The zero-order chi connectivity index (χ0) is 23.3. The second kappa shape index (κ2) is 10.9. The monoisotopic (exact) mass is 509 g/mol. The molecule has 2 heterocycles. The molecule has 0 amide bonds. The van der Waals surface area contributed by atoms with Crippen LogP contribution in [0, 0.1) is 11.6 Å². The Morgan fingerprint density at radius 3 is 2.61 bits per heavy atom. The molecule has 0 radical (unpaired) electrons. The highest BCUT2D eigenvalue weighted by atomic mass is 32.2. The molecule has 0 saturated carbocycles. The molecule has 33 heavy (non-hydrogen) atoms. The molecule has 2 aromatic carbocycles. The summed E-state index contributed by atoms with van der Waals surface area (Å²) in [7, 11) is -3.98. The van der Waals surface area contributed by atoms with Gasteiger partial charge in [0.05, 0.1) is 5.69 Å². The predicted molar refractivity (Wildman–Crippen MR) is 130 cm³/mol. The molecular weight excluding hydrogens is 484 g/mol. The van der Waals surface area contributed by atoms with Crippen LogP contribution in [0.2, 0.25) is 0 Å². The zero-order valence-electron chi connectivity index (χ0n) is 17.9. The van der Waals surface area contributed by atoms with E-state index >= 15 is 0 Å². The summed E-state index contributed by atoms with van der Waals surface area (Å²) < 4.78 is 53.3. The van der Waals surface area contributed by atoms with Crippen molar-refractivity contribution in [3.05, 3.63) is 59.0 Å². The van der Waals surface area contributed by atoms with Gasteiger partial charge in [0, 0.05) is 40.2 Å². The summed E-state index contributed by atoms with van der Waals surface area (Å²) in [6, 6.07) is 10.8. The average Bonchev–Trinajstić information content (AvgIpc) is 3.10. The summed E-state index contributed by atoms with van der Waals surface area (Å²) in [6.45, 7) is 1.01. The van der Waals surface area contributed by atoms with Crippen LogP contribution in [0.4, 0.5) is 13.9 Å². The third-order valence-electron chi connectivity index (χ3n) is 5.28. The van der Waals surface area contributed by atoms with Crippen molar-refractivity contribution >= 4 is 38.3 Å². The summed E-state index contributed by atoms with van der Waals surface area (Å²) >= 11 is 3.60. The van der Waals surface area contributed by atoms with Crippen molar-refractivity contribution in [1.29, 1.82) is 0 Å². The fourth-order valence-electron chi connectivity index (χ4n) is 3.63. The van der Waals surface area contributed by atoms with Crippen LogP contribution in [-0.2, 0) is 16.4 Å². The van der Waals surface area contributed by atoms with Crippen LogP contribution in [0.1, 0.15) is 30.6 Å². The SMILES string of the molecule is O=S(=O)(NCCCCCCNc1nc2c(s1)CCSc1ccccc1-2)c1ccc(F)cc1F. The van der Waals surface area contributed by atoms with Gasteiger partial charge >= 0.3 is 0 Å². The maximum absolute atomic E-state index is 13.7. The highest BCUT2D eigenvalue weighted by Crippen LogP contribution is 2.40. The molecule has 10 heteroatoms. The molecule has 0 atom stereocenters. The number of aryl methyl sites for hydroxylation is 1. The Morgan fingerprint density at radius 2 is 1.79 bits per heavy atom. The van der Waals surface area contributed by atoms with Gasteiger partial charge in [0.15, 0.2) is 5.13 Å². The zero-order valence-corrected chi connectivity index (χ0v) is 20.4. The number of unbranched alkanes of at least 4 members (excludes halogenated alkanes) is 3. The van der Waals surface area contributed by atoms with E-state index in [4.69, 9.17) is 4.98 Å². The Kier molecular flexibility index (Phi) is 8.00. The first-order chi connectivity index (χ1) is 15.9. The number of aromatic nitrogens is 1. The lowest BCUT2D eigenvalue weighted by Gasteiger charge is -2.08. The van der Waals surface area contributed by atoms with Crippen LogP contribution in [0.25, 0.3) is 11.3 Å². The Balaban J connectivity index is 1.17. The quantitative estimate of drug-likeness (QED) is 0.344. The van der Waals surface area contributed by atoms with Crippen molar-refractivity contribution in [2.75, 3.05) is 24.2 Å². The highest BCUT2D eigenvalue weighted by molar-refractivity contribution is 7.99. The molecule has 0 unspecified atom stereocenters. The van der Waals surface area contributed by atoms with Crippen molar-refractivity contribution in [2.24, 2.45) is 0 Å². The van der Waals surface area contributed by atoms with Gasteiger partial charge < -0.3 is 5.32 Å². The summed E-state index contributed by atoms with van der Waals surface area (Å²) in [5, 5.41) is 4.36. The molecule has 1 aliphatic rings. The third kappa shape index (κ3) is 6.11. The first kappa shape index (κ1) is 24.1. The summed E-state index contributed by atoms with van der Waals surface area (Å²) in [4.78, 5) is 6.90. The maximum atomic E-state index is 13.7. The van der Waals surface area contributed by atoms with Crippen LogP contribution in [0.5, 0.6) is 0 Å². The molecule has 176 valence electrons. The molecule has 0 spiro atoms. The number of halogens is 2. The third-order valence-corrected chi connectivity index (χ3v) is 8.92. The van der Waals surface area contributed by atoms with Crippen LogP contribution < -0.4 is 10.0 Å². The second-order valence-electron chi connectivity index (χ2n) is 7.70. The number of rotatable bonds is 10. The van der Waals surface area contributed by atoms with E-state index < -0.39 is 26.6 Å². The van der Waals surface area contributed by atoms with Crippen LogP contribution >= 0.6 is 23.1 Å². The fraction of sp³-hybridized carbons (Fsp3) is 0.348. The minimum atomic E-state index is -3.98. The lowest BCUT2D eigenvalue weighted by Crippen LogP contribution is -2.25. The first-order valence-corrected chi connectivity index (χ1v) is 14.1. The summed E-state index contributed by atoms with van der Waals surface area (Å²) in [5.74, 6) is -0.837. The molecule has 0 bridgehead atoms. The van der Waals surface area contributed by atoms with Crippen molar-refractivity contribution in [1.82, 2.24) is 9.71 Å². The molecule has 5 nitrogen and oxygen atoms in total. The van der Waals surface area contributed by atoms with Crippen LogP contribution in [-0.4, -0.2) is 32.2 Å². The van der Waals surface area contributed by atoms with Gasteiger partial charge in [-0.15, -0.1) is 23.1 Å². The standard InChI is InChI=1S/C23H25F2N3O2S3/c24-16-9-10-21(18(25)15-16)33(29,30)27-13-6-2-1-5-12-26-23-28-22-17-7-3-4-8-19(17)31-14-11-20(22)32-23/h3-4,7-10,15,27H,1-2,5-6,11-14H2,(H,26,28). The van der Waals surface area contributed by atoms with E-state index in [2.05, 4.69) is 34.3 Å². The van der Waals surface area contributed by atoms with Gasteiger partial charge in [0.1, 0.15) is 16.5 Å². The topological polar surface area (TPSA) is 71.1 Å². The normalized spacial score (nSPS) is 13.3. The molecule has 1 aromatic heterocycles. The number of hydrogen-bond acceptors (Lipinski definition) is 6. The fourth-order valence-corrected chi connectivity index (χ4v) is 6.91. The number of benzene rings is 2. The van der Waals surface area contributed by atoms with Crippen molar-refractivity contribution in [3.8, 4) is 11.3 Å². The highest BCUT2D eigenvalue weighted by Gasteiger charge is 2.20. The molecule has 4 rings (SSSR count). The van der Waals surface area contributed by atoms with Gasteiger partial charge in [-0.2, -0.15) is 0 Å². The first-order valence-electron chi connectivity index (χ1n) is 10.8. The second-order valence-corrected chi connectivity index (χ2v) is 11.7. The summed E-state index contributed by atoms with van der Waals surface area (Å²) in [5.41, 5.74) is 2.30. The van der Waals surface area contributed by atoms with Gasteiger partial charge in [-0.25, -0.2) is 26.9 Å². The molecule has 0 saturated heterocycles. The van der Waals surface area contributed by atoms with E-state index in [0.29, 0.717) is 12.5 Å². The van der Waals surface area contributed by atoms with Gasteiger partial charge in [0.25, 0.3) is 0 Å². The Hall–Kier alpha value is -2.01.